The second-order valence-corrected chi connectivity index (χ2v) is 6.01. The lowest BCUT2D eigenvalue weighted by molar-refractivity contribution is -0.129. The number of benzene rings is 1. The summed E-state index contributed by atoms with van der Waals surface area (Å²) in [6, 6.07) is 10.0. The normalized spacial score (nSPS) is 13.1. The minimum atomic E-state index is -0.894. The molecule has 2 rings (SSSR count). The molecule has 2 atom stereocenters. The van der Waals surface area contributed by atoms with Gasteiger partial charge in [-0.15, -0.1) is 0 Å². The number of carbonyl (C=O) groups is 2. The van der Waals surface area contributed by atoms with Crippen LogP contribution < -0.4 is 5.32 Å². The molecule has 0 aliphatic heterocycles. The first-order valence-corrected chi connectivity index (χ1v) is 8.40. The Morgan fingerprint density at radius 2 is 1.92 bits per heavy atom. The zero-order valence-corrected chi connectivity index (χ0v) is 15.0. The number of amides is 1. The van der Waals surface area contributed by atoms with E-state index in [9.17, 15) is 9.59 Å². The molecule has 0 unspecified atom stereocenters. The lowest BCUT2D eigenvalue weighted by Crippen LogP contribution is -2.38. The van der Waals surface area contributed by atoms with Gasteiger partial charge in [-0.3, -0.25) is 4.79 Å². The van der Waals surface area contributed by atoms with Crippen molar-refractivity contribution in [2.75, 3.05) is 6.54 Å². The van der Waals surface area contributed by atoms with Gasteiger partial charge in [0.25, 0.3) is 5.91 Å². The highest BCUT2D eigenvalue weighted by Crippen LogP contribution is 2.18. The number of hydrogen-bond donors (Lipinski definition) is 1. The summed E-state index contributed by atoms with van der Waals surface area (Å²) in [5, 5.41) is 6.57. The van der Waals surface area contributed by atoms with E-state index in [0.29, 0.717) is 18.0 Å². The van der Waals surface area contributed by atoms with Gasteiger partial charge in [-0.1, -0.05) is 42.4 Å². The fraction of sp³-hybridized carbons (Fsp3) is 0.421. The molecule has 1 amide bonds. The van der Waals surface area contributed by atoms with Gasteiger partial charge in [0.05, 0.1) is 5.69 Å². The van der Waals surface area contributed by atoms with Crippen LogP contribution in [0.25, 0.3) is 0 Å². The number of aromatic nitrogens is 1. The molecule has 2 aromatic rings. The van der Waals surface area contributed by atoms with Crippen LogP contribution in [0.15, 0.2) is 34.9 Å². The van der Waals surface area contributed by atoms with Crippen LogP contribution in [-0.4, -0.2) is 29.7 Å². The number of aryl methyl sites for hydroxylation is 2. The molecular formula is C19H24N2O4. The van der Waals surface area contributed by atoms with E-state index in [2.05, 4.69) is 17.4 Å². The van der Waals surface area contributed by atoms with E-state index in [1.165, 1.54) is 5.56 Å². The van der Waals surface area contributed by atoms with Gasteiger partial charge >= 0.3 is 5.97 Å². The van der Waals surface area contributed by atoms with Crippen molar-refractivity contribution < 1.29 is 18.8 Å². The predicted molar refractivity (Wildman–Crippen MR) is 93.3 cm³/mol. The highest BCUT2D eigenvalue weighted by atomic mass is 16.5. The zero-order chi connectivity index (χ0) is 18.4. The quantitative estimate of drug-likeness (QED) is 0.780. The third kappa shape index (κ3) is 4.68. The zero-order valence-electron chi connectivity index (χ0n) is 15.0. The maximum Gasteiger partial charge on any atom is 0.344 e. The highest BCUT2D eigenvalue weighted by Gasteiger charge is 2.24. The first-order valence-electron chi connectivity index (χ1n) is 8.40. The summed E-state index contributed by atoms with van der Waals surface area (Å²) in [6.45, 7) is 7.41. The molecule has 134 valence electrons. The molecular weight excluding hydrogens is 320 g/mol. The Morgan fingerprint density at radius 3 is 2.48 bits per heavy atom. The topological polar surface area (TPSA) is 81.4 Å². The van der Waals surface area contributed by atoms with Crippen LogP contribution in [-0.2, 0) is 9.53 Å². The van der Waals surface area contributed by atoms with Gasteiger partial charge < -0.3 is 14.6 Å². The Balaban J connectivity index is 1.91. The van der Waals surface area contributed by atoms with Crippen LogP contribution in [0.3, 0.4) is 0 Å². The number of ether oxygens (including phenoxy) is 1. The molecule has 25 heavy (non-hydrogen) atoms. The van der Waals surface area contributed by atoms with Gasteiger partial charge in [-0.05, 0) is 32.8 Å². The molecule has 6 heteroatoms. The highest BCUT2D eigenvalue weighted by molar-refractivity contribution is 5.93. The number of nitrogens with zero attached hydrogens (tertiary/aromatic N) is 1. The van der Waals surface area contributed by atoms with E-state index in [4.69, 9.17) is 9.26 Å². The van der Waals surface area contributed by atoms with E-state index in [1.54, 1.807) is 20.8 Å². The summed E-state index contributed by atoms with van der Waals surface area (Å²) in [5.74, 6) is -0.329. The van der Waals surface area contributed by atoms with Crippen molar-refractivity contribution in [2.24, 2.45) is 0 Å². The van der Waals surface area contributed by atoms with E-state index in [-0.39, 0.29) is 17.4 Å². The summed E-state index contributed by atoms with van der Waals surface area (Å²) in [6.07, 6.45) is 0.00634. The fourth-order valence-corrected chi connectivity index (χ4v) is 2.64. The van der Waals surface area contributed by atoms with Crippen molar-refractivity contribution in [1.29, 1.82) is 0 Å². The first-order chi connectivity index (χ1) is 11.9. The van der Waals surface area contributed by atoms with Crippen molar-refractivity contribution in [1.82, 2.24) is 10.5 Å². The third-order valence-electron chi connectivity index (χ3n) is 4.18. The van der Waals surface area contributed by atoms with Crippen molar-refractivity contribution >= 4 is 11.9 Å². The standard InChI is InChI=1S/C19H24N2O4/c1-5-15(16-9-7-6-8-10-16)11-20-18(22)14(4)24-19(23)17-12(2)21-25-13(17)3/h6-10,14-15H,5,11H2,1-4H3,(H,20,22)/t14-,15-/m0/s1. The molecule has 0 aliphatic rings. The maximum atomic E-state index is 12.2. The summed E-state index contributed by atoms with van der Waals surface area (Å²) >= 11 is 0. The maximum absolute atomic E-state index is 12.2. The van der Waals surface area contributed by atoms with Crippen LogP contribution in [0.1, 0.15) is 53.6 Å². The van der Waals surface area contributed by atoms with Gasteiger partial charge in [0.1, 0.15) is 11.3 Å². The molecule has 1 N–H and O–H groups in total. The molecule has 0 fully saturated rings. The first kappa shape index (κ1) is 18.7. The van der Waals surface area contributed by atoms with Crippen molar-refractivity contribution in [2.45, 2.75) is 46.1 Å². The Labute approximate surface area is 147 Å². The number of hydrogen-bond acceptors (Lipinski definition) is 5. The van der Waals surface area contributed by atoms with Crippen molar-refractivity contribution in [3.05, 3.63) is 52.9 Å². The smallest absolute Gasteiger partial charge is 0.344 e. The predicted octanol–water partition coefficient (Wildman–Crippen LogP) is 3.15. The van der Waals surface area contributed by atoms with Gasteiger partial charge in [0.2, 0.25) is 0 Å². The molecule has 0 aliphatic carbocycles. The van der Waals surface area contributed by atoms with Gasteiger partial charge in [0.15, 0.2) is 6.10 Å². The van der Waals surface area contributed by atoms with Gasteiger partial charge in [-0.25, -0.2) is 4.79 Å². The minimum Gasteiger partial charge on any atom is -0.449 e. The monoisotopic (exact) mass is 344 g/mol. The average molecular weight is 344 g/mol. The molecule has 1 aromatic carbocycles. The number of rotatable bonds is 7. The molecule has 1 heterocycles. The molecule has 0 bridgehead atoms. The molecule has 0 spiro atoms. The Bertz CT molecular complexity index is 705. The Hall–Kier alpha value is -2.63. The molecule has 6 nitrogen and oxygen atoms in total. The van der Waals surface area contributed by atoms with Crippen LogP contribution in [0, 0.1) is 13.8 Å². The molecule has 0 saturated heterocycles. The Morgan fingerprint density at radius 1 is 1.24 bits per heavy atom. The number of nitrogens with one attached hydrogen (secondary N) is 1. The second kappa shape index (κ2) is 8.46. The second-order valence-electron chi connectivity index (χ2n) is 6.01. The fourth-order valence-electron chi connectivity index (χ4n) is 2.64. The van der Waals surface area contributed by atoms with Crippen LogP contribution in [0.5, 0.6) is 0 Å². The summed E-state index contributed by atoms with van der Waals surface area (Å²) in [7, 11) is 0. The van der Waals surface area contributed by atoms with Crippen molar-refractivity contribution in [3.8, 4) is 0 Å². The lowest BCUT2D eigenvalue weighted by Gasteiger charge is -2.18. The molecule has 0 saturated carbocycles. The summed E-state index contributed by atoms with van der Waals surface area (Å²) in [5.41, 5.74) is 1.89. The van der Waals surface area contributed by atoms with E-state index < -0.39 is 12.1 Å². The van der Waals surface area contributed by atoms with Crippen LogP contribution >= 0.6 is 0 Å². The number of carbonyl (C=O) groups excluding carboxylic acids is 2. The summed E-state index contributed by atoms with van der Waals surface area (Å²) < 4.78 is 10.2. The van der Waals surface area contributed by atoms with E-state index >= 15 is 0 Å². The van der Waals surface area contributed by atoms with Crippen molar-refractivity contribution in [3.63, 3.8) is 0 Å². The van der Waals surface area contributed by atoms with E-state index in [1.807, 2.05) is 30.3 Å². The lowest BCUT2D eigenvalue weighted by atomic mass is 9.96. The largest absolute Gasteiger partial charge is 0.449 e. The minimum absolute atomic E-state index is 0.218. The average Bonchev–Trinajstić information content (AvgIpc) is 2.94. The number of esters is 1. The van der Waals surface area contributed by atoms with E-state index in [0.717, 1.165) is 6.42 Å². The Kier molecular flexibility index (Phi) is 6.33. The third-order valence-corrected chi connectivity index (χ3v) is 4.18. The van der Waals surface area contributed by atoms with Crippen LogP contribution in [0.2, 0.25) is 0 Å². The van der Waals surface area contributed by atoms with Gasteiger partial charge in [-0.2, -0.15) is 0 Å². The van der Waals surface area contributed by atoms with Gasteiger partial charge in [0, 0.05) is 12.5 Å². The molecule has 1 aromatic heterocycles. The molecule has 0 radical (unpaired) electrons. The van der Waals surface area contributed by atoms with Crippen LogP contribution in [0.4, 0.5) is 0 Å². The summed E-state index contributed by atoms with van der Waals surface area (Å²) in [4.78, 5) is 24.4. The SMILES string of the molecule is CC[C@@H](CNC(=O)[C@H](C)OC(=O)c1c(C)noc1C)c1ccccc1.